The van der Waals surface area contributed by atoms with Crippen LogP contribution in [0.3, 0.4) is 0 Å². The van der Waals surface area contributed by atoms with Crippen molar-refractivity contribution in [2.75, 3.05) is 17.7 Å². The Morgan fingerprint density at radius 3 is 2.67 bits per heavy atom. The maximum absolute atomic E-state index is 12.3. The lowest BCUT2D eigenvalue weighted by atomic mass is 10.1. The highest BCUT2D eigenvalue weighted by molar-refractivity contribution is 7.99. The third-order valence-electron chi connectivity index (χ3n) is 3.51. The van der Waals surface area contributed by atoms with Gasteiger partial charge in [0.25, 0.3) is 5.22 Å². The minimum Gasteiger partial charge on any atom is -0.411 e. The third-order valence-corrected chi connectivity index (χ3v) is 4.31. The number of thioether (sulfide) groups is 1. The van der Waals surface area contributed by atoms with E-state index in [-0.39, 0.29) is 11.7 Å². The van der Waals surface area contributed by atoms with Crippen LogP contribution in [0.15, 0.2) is 64.2 Å². The van der Waals surface area contributed by atoms with Crippen molar-refractivity contribution < 1.29 is 9.21 Å². The number of amides is 1. The van der Waals surface area contributed by atoms with Gasteiger partial charge in [-0.1, -0.05) is 47.7 Å². The summed E-state index contributed by atoms with van der Waals surface area (Å²) in [6.45, 7) is 2.01. The topological polar surface area (TPSA) is 59.2 Å². The van der Waals surface area contributed by atoms with E-state index in [0.29, 0.717) is 11.1 Å². The van der Waals surface area contributed by atoms with Gasteiger partial charge in [-0.15, -0.1) is 10.2 Å². The molecule has 0 atom stereocenters. The van der Waals surface area contributed by atoms with E-state index >= 15 is 0 Å². The lowest BCUT2D eigenvalue weighted by Crippen LogP contribution is -2.27. The molecular weight excluding hydrogens is 322 g/mol. The molecule has 1 heterocycles. The Kier molecular flexibility index (Phi) is 4.96. The van der Waals surface area contributed by atoms with Crippen LogP contribution in [0, 0.1) is 6.92 Å². The van der Waals surface area contributed by atoms with Gasteiger partial charge in [0.1, 0.15) is 0 Å². The molecule has 0 bridgehead atoms. The molecule has 3 rings (SSSR count). The molecular formula is C18H17N3O2S. The number of rotatable bonds is 5. The van der Waals surface area contributed by atoms with Crippen LogP contribution >= 0.6 is 11.8 Å². The predicted octanol–water partition coefficient (Wildman–Crippen LogP) is 3.80. The zero-order valence-electron chi connectivity index (χ0n) is 13.5. The van der Waals surface area contributed by atoms with Gasteiger partial charge < -0.3 is 9.32 Å². The Bertz CT molecular complexity index is 833. The Balaban J connectivity index is 1.62. The number of hydrogen-bond donors (Lipinski definition) is 0. The minimum absolute atomic E-state index is 0.0264. The molecule has 1 aromatic heterocycles. The number of anilines is 1. The van der Waals surface area contributed by atoms with E-state index in [1.54, 1.807) is 11.9 Å². The normalized spacial score (nSPS) is 10.6. The summed E-state index contributed by atoms with van der Waals surface area (Å²) in [7, 11) is 1.75. The van der Waals surface area contributed by atoms with E-state index in [9.17, 15) is 4.79 Å². The Labute approximate surface area is 144 Å². The summed E-state index contributed by atoms with van der Waals surface area (Å²) in [6.07, 6.45) is 0. The number of carbonyl (C=O) groups excluding carboxylic acids is 1. The molecule has 0 N–H and O–H groups in total. The van der Waals surface area contributed by atoms with E-state index < -0.39 is 0 Å². The highest BCUT2D eigenvalue weighted by Crippen LogP contribution is 2.24. The molecule has 0 aliphatic heterocycles. The summed E-state index contributed by atoms with van der Waals surface area (Å²) in [6, 6.07) is 17.4. The Hall–Kier alpha value is -2.60. The smallest absolute Gasteiger partial charge is 0.277 e. The fourth-order valence-corrected chi connectivity index (χ4v) is 2.86. The number of aromatic nitrogens is 2. The molecule has 0 aliphatic carbocycles. The fourth-order valence-electron chi connectivity index (χ4n) is 2.18. The van der Waals surface area contributed by atoms with Gasteiger partial charge >= 0.3 is 0 Å². The van der Waals surface area contributed by atoms with Crippen LogP contribution in [0.2, 0.25) is 0 Å². The van der Waals surface area contributed by atoms with Crippen molar-refractivity contribution in [2.24, 2.45) is 0 Å². The number of benzene rings is 2. The Morgan fingerprint density at radius 1 is 1.12 bits per heavy atom. The SMILES string of the molecule is Cc1cccc(-c2nnc(SCC(=O)N(C)c3ccccc3)o2)c1. The molecule has 1 amide bonds. The second-order valence-corrected chi connectivity index (χ2v) is 6.25. The van der Waals surface area contributed by atoms with Crippen molar-refractivity contribution in [3.8, 4) is 11.5 Å². The second-order valence-electron chi connectivity index (χ2n) is 5.32. The number of aryl methyl sites for hydroxylation is 1. The monoisotopic (exact) mass is 339 g/mol. The van der Waals surface area contributed by atoms with Crippen molar-refractivity contribution >= 4 is 23.4 Å². The lowest BCUT2D eigenvalue weighted by molar-refractivity contribution is -0.115. The first-order valence-corrected chi connectivity index (χ1v) is 8.47. The quantitative estimate of drug-likeness (QED) is 0.662. The van der Waals surface area contributed by atoms with E-state index in [2.05, 4.69) is 10.2 Å². The number of carbonyl (C=O) groups is 1. The number of nitrogens with zero attached hydrogens (tertiary/aromatic N) is 3. The van der Waals surface area contributed by atoms with Crippen LogP contribution in [0.4, 0.5) is 5.69 Å². The molecule has 0 saturated heterocycles. The van der Waals surface area contributed by atoms with Gasteiger partial charge in [-0.05, 0) is 31.2 Å². The van der Waals surface area contributed by atoms with Crippen LogP contribution in [0.1, 0.15) is 5.56 Å². The summed E-state index contributed by atoms with van der Waals surface area (Å²) < 4.78 is 5.63. The molecule has 5 nitrogen and oxygen atoms in total. The van der Waals surface area contributed by atoms with Gasteiger partial charge in [0.15, 0.2) is 0 Å². The zero-order chi connectivity index (χ0) is 16.9. The van der Waals surface area contributed by atoms with Crippen LogP contribution in [-0.2, 0) is 4.79 Å². The van der Waals surface area contributed by atoms with E-state index in [0.717, 1.165) is 16.8 Å². The molecule has 3 aromatic rings. The average Bonchev–Trinajstić information content (AvgIpc) is 3.09. The molecule has 0 saturated carbocycles. The van der Waals surface area contributed by atoms with E-state index in [4.69, 9.17) is 4.42 Å². The van der Waals surface area contributed by atoms with Gasteiger partial charge in [-0.25, -0.2) is 0 Å². The molecule has 0 radical (unpaired) electrons. The number of para-hydroxylation sites is 1. The van der Waals surface area contributed by atoms with Crippen LogP contribution in [-0.4, -0.2) is 28.9 Å². The third kappa shape index (κ3) is 3.83. The van der Waals surface area contributed by atoms with Crippen molar-refractivity contribution in [2.45, 2.75) is 12.1 Å². The fraction of sp³-hybridized carbons (Fsp3) is 0.167. The highest BCUT2D eigenvalue weighted by Gasteiger charge is 2.14. The summed E-state index contributed by atoms with van der Waals surface area (Å²) in [5.74, 6) is 0.674. The van der Waals surface area contributed by atoms with Crippen LogP contribution in [0.5, 0.6) is 0 Å². The predicted molar refractivity (Wildman–Crippen MR) is 95.0 cm³/mol. The van der Waals surface area contributed by atoms with Gasteiger partial charge in [0, 0.05) is 18.3 Å². The molecule has 24 heavy (non-hydrogen) atoms. The molecule has 122 valence electrons. The molecule has 0 unspecified atom stereocenters. The van der Waals surface area contributed by atoms with Crippen LogP contribution < -0.4 is 4.90 Å². The number of hydrogen-bond acceptors (Lipinski definition) is 5. The average molecular weight is 339 g/mol. The molecule has 0 spiro atoms. The van der Waals surface area contributed by atoms with Crippen LogP contribution in [0.25, 0.3) is 11.5 Å². The van der Waals surface area contributed by atoms with Crippen molar-refractivity contribution in [1.29, 1.82) is 0 Å². The van der Waals surface area contributed by atoms with Gasteiger partial charge in [0.2, 0.25) is 11.8 Å². The van der Waals surface area contributed by atoms with Gasteiger partial charge in [-0.3, -0.25) is 4.79 Å². The van der Waals surface area contributed by atoms with Gasteiger partial charge in [0.05, 0.1) is 5.75 Å². The standard InChI is InChI=1S/C18H17N3O2S/c1-13-7-6-8-14(11-13)17-19-20-18(23-17)24-12-16(22)21(2)15-9-4-3-5-10-15/h3-11H,12H2,1-2H3. The van der Waals surface area contributed by atoms with E-state index in [1.807, 2.05) is 61.5 Å². The second kappa shape index (κ2) is 7.31. The first-order chi connectivity index (χ1) is 11.6. The summed E-state index contributed by atoms with van der Waals surface area (Å²) in [4.78, 5) is 13.9. The summed E-state index contributed by atoms with van der Waals surface area (Å²) in [5.41, 5.74) is 2.86. The maximum Gasteiger partial charge on any atom is 0.277 e. The van der Waals surface area contributed by atoms with Gasteiger partial charge in [-0.2, -0.15) is 0 Å². The lowest BCUT2D eigenvalue weighted by Gasteiger charge is -2.16. The van der Waals surface area contributed by atoms with Crippen molar-refractivity contribution in [3.05, 3.63) is 60.2 Å². The Morgan fingerprint density at radius 2 is 1.92 bits per heavy atom. The molecule has 2 aromatic carbocycles. The van der Waals surface area contributed by atoms with E-state index in [1.165, 1.54) is 11.8 Å². The van der Waals surface area contributed by atoms with Crippen molar-refractivity contribution in [3.63, 3.8) is 0 Å². The highest BCUT2D eigenvalue weighted by atomic mass is 32.2. The molecule has 6 heteroatoms. The maximum atomic E-state index is 12.3. The first kappa shape index (κ1) is 16.3. The molecule has 0 fully saturated rings. The summed E-state index contributed by atoms with van der Waals surface area (Å²) >= 11 is 1.24. The largest absolute Gasteiger partial charge is 0.411 e. The minimum atomic E-state index is -0.0264. The van der Waals surface area contributed by atoms with Crippen molar-refractivity contribution in [1.82, 2.24) is 10.2 Å². The zero-order valence-corrected chi connectivity index (χ0v) is 14.3. The first-order valence-electron chi connectivity index (χ1n) is 7.48. The summed E-state index contributed by atoms with van der Waals surface area (Å²) in [5, 5.41) is 8.44. The molecule has 0 aliphatic rings.